The molecular weight excluding hydrogens is 1230 g/mol. The number of hydrogen-bond donors (Lipinski definition) is 0. The van der Waals surface area contributed by atoms with Crippen LogP contribution in [0.2, 0.25) is 0 Å². The molecule has 0 heterocycles. The fourth-order valence-electron chi connectivity index (χ4n) is 9.43. The zero-order valence-electron chi connectivity index (χ0n) is 56.4. The van der Waals surface area contributed by atoms with Crippen LogP contribution >= 0.6 is 48.9 Å². The van der Waals surface area contributed by atoms with E-state index < -0.39 is 0 Å². The van der Waals surface area contributed by atoms with Crippen molar-refractivity contribution in [1.29, 1.82) is 0 Å². The van der Waals surface area contributed by atoms with E-state index >= 15 is 0 Å². The molecule has 0 aromatic rings. The zero-order valence-corrected chi connectivity index (χ0v) is 64.9. The van der Waals surface area contributed by atoms with E-state index in [4.69, 9.17) is 99.4 Å². The molecule has 0 bridgehead atoms. The molecule has 0 aliphatic heterocycles. The first-order valence-electron chi connectivity index (χ1n) is 33.6. The van der Waals surface area contributed by atoms with Crippen molar-refractivity contribution >= 4 is 117 Å². The molecule has 0 rings (SSSR count). The van der Waals surface area contributed by atoms with Gasteiger partial charge in [-0.15, -0.1) is 0 Å². The van der Waals surface area contributed by atoms with E-state index in [-0.39, 0.29) is 21.1 Å². The Labute approximate surface area is 568 Å². The maximum Gasteiger partial charge on any atom is 4.00 e. The summed E-state index contributed by atoms with van der Waals surface area (Å²) < 4.78 is 2.66. The van der Waals surface area contributed by atoms with Crippen LogP contribution in [-0.4, -0.2) is 89.2 Å². The molecule has 0 fully saturated rings. The molecule has 0 amide bonds. The summed E-state index contributed by atoms with van der Waals surface area (Å²) in [6.07, 6.45) is 41.7. The summed E-state index contributed by atoms with van der Waals surface area (Å²) in [5.41, 5.74) is 0. The van der Waals surface area contributed by atoms with Crippen molar-refractivity contribution in [2.75, 3.05) is 52.4 Å². The summed E-state index contributed by atoms with van der Waals surface area (Å²) in [6.45, 7) is 45.2. The number of rotatable bonds is 48. The van der Waals surface area contributed by atoms with Gasteiger partial charge in [0, 0.05) is 52.4 Å². The van der Waals surface area contributed by atoms with Crippen molar-refractivity contribution in [3.63, 3.8) is 0 Å². The Hall–Kier alpha value is 1.13. The molecule has 0 unspecified atom stereocenters. The van der Waals surface area contributed by atoms with Crippen LogP contribution in [0.4, 0.5) is 0 Å². The number of nitrogens with zero attached hydrogens (tertiary/aromatic N) is 4. The third kappa shape index (κ3) is 77.2. The fraction of sp³-hybridized carbons (Fsp3) is 0.941. The van der Waals surface area contributed by atoms with E-state index in [2.05, 4.69) is 130 Å². The minimum absolute atomic E-state index is 0. The van der Waals surface area contributed by atoms with Gasteiger partial charge < -0.3 is 119 Å². The molecule has 0 aromatic heterocycles. The van der Waals surface area contributed by atoms with Gasteiger partial charge in [-0.25, -0.2) is 0 Å². The zero-order chi connectivity index (χ0) is 61.5. The molecule has 0 aliphatic carbocycles. The fourth-order valence-corrected chi connectivity index (χ4v) is 10.9. The average Bonchev–Trinajstić information content (AvgIpc) is 3.34. The second kappa shape index (κ2) is 65.6. The Bertz CT molecular complexity index is 1090. The van der Waals surface area contributed by atoms with Crippen LogP contribution in [0.3, 0.4) is 0 Å². The van der Waals surface area contributed by atoms with E-state index in [1.165, 1.54) is 205 Å². The van der Waals surface area contributed by atoms with Crippen molar-refractivity contribution in [2.45, 2.75) is 316 Å². The molecule has 0 spiro atoms. The molecule has 0 saturated carbocycles. The largest absolute Gasteiger partial charge is 4.00 e. The van der Waals surface area contributed by atoms with Gasteiger partial charge in [0.25, 0.3) is 0 Å². The van der Waals surface area contributed by atoms with Crippen molar-refractivity contribution < 1.29 is 21.1 Å². The van der Waals surface area contributed by atoms with Crippen molar-refractivity contribution in [3.05, 3.63) is 0 Å². The van der Waals surface area contributed by atoms with Gasteiger partial charge in [0.05, 0.1) is 0 Å². The van der Waals surface area contributed by atoms with Gasteiger partial charge in [-0.3, -0.25) is 0 Å². The van der Waals surface area contributed by atoms with Crippen LogP contribution in [0.15, 0.2) is 0 Å². The minimum atomic E-state index is 0. The Morgan fingerprint density at radius 3 is 0.383 bits per heavy atom. The molecule has 13 heteroatoms. The predicted molar refractivity (Wildman–Crippen MR) is 393 cm³/mol. The number of hydrogen-bond acceptors (Lipinski definition) is 8. The van der Waals surface area contributed by atoms with E-state index in [9.17, 15) is 0 Å². The van der Waals surface area contributed by atoms with E-state index in [0.717, 1.165) is 99.7 Å². The molecule has 0 aromatic carbocycles. The summed E-state index contributed by atoms with van der Waals surface area (Å²) >= 11 is 41.6. The molecule has 81 heavy (non-hydrogen) atoms. The SMILES string of the molecule is CC(C)CCCCCN(CCCCCC(C)C)C(=S)[S-].CC(C)CCCCCN(CCCCCC(C)C)C(=S)[S-].CC(C)CCCCCN(CCCCCC(C)C)C(=S)[S-].CC(C)CCCCCN(CCCCCC(C)C)C(=S)[S-].[Mo+4]. The van der Waals surface area contributed by atoms with Gasteiger partial charge in [0.1, 0.15) is 0 Å². The Balaban J connectivity index is -0.000000316. The average molecular weight is 1360 g/mol. The molecule has 482 valence electrons. The van der Waals surface area contributed by atoms with Crippen LogP contribution in [0.1, 0.15) is 316 Å². The quantitative estimate of drug-likeness (QED) is 0.0249. The molecule has 0 radical (unpaired) electrons. The molecule has 0 aliphatic rings. The number of unbranched alkanes of at least 4 members (excludes halogenated alkanes) is 16. The molecule has 4 nitrogen and oxygen atoms in total. The standard InChI is InChI=1S/4C17H35NS2.Mo/c4*1-15(2)11-7-5-9-13-18(17(19)20)14-10-6-8-12-16(3)4;/h4*15-16H,5-14H2,1-4H3,(H,19,20);/q;;;;+4/p-4. The van der Waals surface area contributed by atoms with Crippen molar-refractivity contribution in [3.8, 4) is 0 Å². The third-order valence-corrected chi connectivity index (χ3v) is 16.8. The first kappa shape index (κ1) is 90.9. The number of thiocarbonyl (C=S) groups is 4. The van der Waals surface area contributed by atoms with E-state index in [1.54, 1.807) is 0 Å². The summed E-state index contributed by atoms with van der Waals surface area (Å²) in [6, 6.07) is 0. The Kier molecular flexibility index (Phi) is 73.6. The Morgan fingerprint density at radius 1 is 0.210 bits per heavy atom. The predicted octanol–water partition coefficient (Wildman–Crippen LogP) is 22.2. The van der Waals surface area contributed by atoms with Gasteiger partial charge >= 0.3 is 21.1 Å². The van der Waals surface area contributed by atoms with Gasteiger partial charge in [-0.2, -0.15) is 0 Å². The van der Waals surface area contributed by atoms with Crippen molar-refractivity contribution in [2.24, 2.45) is 47.3 Å². The van der Waals surface area contributed by atoms with Crippen LogP contribution in [-0.2, 0) is 71.6 Å². The van der Waals surface area contributed by atoms with Crippen LogP contribution < -0.4 is 0 Å². The monoisotopic (exact) mass is 1360 g/mol. The first-order chi connectivity index (χ1) is 37.7. The maximum absolute atomic E-state index is 5.20. The normalized spacial score (nSPS) is 11.2. The minimum Gasteiger partial charge on any atom is -0.411 e. The second-order valence-electron chi connectivity index (χ2n) is 27.0. The third-order valence-electron chi connectivity index (χ3n) is 14.7. The maximum atomic E-state index is 5.20. The molecule has 0 saturated heterocycles. The summed E-state index contributed by atoms with van der Waals surface area (Å²) in [4.78, 5) is 8.93. The van der Waals surface area contributed by atoms with Gasteiger partial charge in [0.2, 0.25) is 0 Å². The van der Waals surface area contributed by atoms with Crippen LogP contribution in [0, 0.1) is 47.3 Å². The van der Waals surface area contributed by atoms with E-state index in [1.807, 2.05) is 0 Å². The van der Waals surface area contributed by atoms with Crippen molar-refractivity contribution in [1.82, 2.24) is 19.6 Å². The van der Waals surface area contributed by atoms with Gasteiger partial charge in [-0.05, 0) is 98.7 Å². The molecular formula is C68H136MoN4S8. The summed E-state index contributed by atoms with van der Waals surface area (Å²) in [5.74, 6) is 6.61. The van der Waals surface area contributed by atoms with Gasteiger partial charge in [0.15, 0.2) is 0 Å². The second-order valence-corrected chi connectivity index (χ2v) is 31.1. The van der Waals surface area contributed by atoms with Crippen LogP contribution in [0.5, 0.6) is 0 Å². The van der Waals surface area contributed by atoms with Crippen LogP contribution in [0.25, 0.3) is 0 Å². The first-order valence-corrected chi connectivity index (χ1v) is 36.8. The summed E-state index contributed by atoms with van der Waals surface area (Å²) in [7, 11) is 0. The smallest absolute Gasteiger partial charge is 0.411 e. The van der Waals surface area contributed by atoms with E-state index in [0.29, 0.717) is 17.3 Å². The molecule has 0 N–H and O–H groups in total. The van der Waals surface area contributed by atoms with Gasteiger partial charge in [-0.1, -0.05) is 282 Å². The Morgan fingerprint density at radius 2 is 0.309 bits per heavy atom. The summed E-state index contributed by atoms with van der Waals surface area (Å²) in [5, 5.41) is 0. The topological polar surface area (TPSA) is 13.0 Å². The molecule has 0 atom stereocenters.